The van der Waals surface area contributed by atoms with Crippen LogP contribution in [-0.4, -0.2) is 13.1 Å². The fourth-order valence-corrected chi connectivity index (χ4v) is 3.32. The highest BCUT2D eigenvalue weighted by Gasteiger charge is 2.15. The molecule has 0 aromatic heterocycles. The van der Waals surface area contributed by atoms with Crippen molar-refractivity contribution in [2.24, 2.45) is 0 Å². The molecule has 3 rings (SSSR count). The lowest BCUT2D eigenvalue weighted by Crippen LogP contribution is -2.26. The molecule has 0 spiro atoms. The monoisotopic (exact) mass is 315 g/mol. The third-order valence-corrected chi connectivity index (χ3v) is 4.50. The molecule has 0 radical (unpaired) electrons. The molecule has 0 bridgehead atoms. The quantitative estimate of drug-likeness (QED) is 0.751. The van der Waals surface area contributed by atoms with Crippen molar-refractivity contribution in [3.8, 4) is 0 Å². The van der Waals surface area contributed by atoms with Crippen LogP contribution >= 0.6 is 15.9 Å². The number of benzene rings is 2. The smallest absolute Gasteiger partial charge is 0.0407 e. The van der Waals surface area contributed by atoms with Crippen molar-refractivity contribution < 1.29 is 0 Å². The molecular weight excluding hydrogens is 298 g/mol. The summed E-state index contributed by atoms with van der Waals surface area (Å²) in [4.78, 5) is 2.52. The number of hydrogen-bond acceptors (Lipinski definition) is 1. The van der Waals surface area contributed by atoms with Crippen molar-refractivity contribution in [1.29, 1.82) is 0 Å². The molecular formula is C17H18BrN. The van der Waals surface area contributed by atoms with Crippen molar-refractivity contribution >= 4 is 21.6 Å². The van der Waals surface area contributed by atoms with E-state index in [1.165, 1.54) is 22.4 Å². The van der Waals surface area contributed by atoms with Gasteiger partial charge in [-0.2, -0.15) is 0 Å². The summed E-state index contributed by atoms with van der Waals surface area (Å²) in [5.41, 5.74) is 5.79. The molecule has 1 aliphatic heterocycles. The summed E-state index contributed by atoms with van der Waals surface area (Å²) >= 11 is 3.60. The van der Waals surface area contributed by atoms with E-state index >= 15 is 0 Å². The highest BCUT2D eigenvalue weighted by atomic mass is 79.9. The van der Waals surface area contributed by atoms with E-state index in [-0.39, 0.29) is 0 Å². The van der Waals surface area contributed by atoms with E-state index in [0.29, 0.717) is 0 Å². The van der Waals surface area contributed by atoms with E-state index in [9.17, 15) is 0 Å². The maximum Gasteiger partial charge on any atom is 0.0407 e. The Bertz CT molecular complexity index is 538. The Kier molecular flexibility index (Phi) is 3.88. The van der Waals surface area contributed by atoms with Crippen LogP contribution in [0.4, 0.5) is 5.69 Å². The number of nitrogens with zero attached hydrogens (tertiary/aromatic N) is 1. The predicted molar refractivity (Wildman–Crippen MR) is 85.1 cm³/mol. The second-order valence-electron chi connectivity index (χ2n) is 5.02. The lowest BCUT2D eigenvalue weighted by molar-refractivity contribution is 0.802. The summed E-state index contributed by atoms with van der Waals surface area (Å²) in [7, 11) is 0. The molecule has 19 heavy (non-hydrogen) atoms. The summed E-state index contributed by atoms with van der Waals surface area (Å²) in [6, 6.07) is 17.6. The van der Waals surface area contributed by atoms with Gasteiger partial charge < -0.3 is 4.90 Å². The molecule has 0 saturated heterocycles. The SMILES string of the molecule is BrCc1ccccc1N1CCc2ccccc2CC1. The summed E-state index contributed by atoms with van der Waals surface area (Å²) in [5, 5.41) is 0.923. The van der Waals surface area contributed by atoms with Gasteiger partial charge in [0.15, 0.2) is 0 Å². The first-order valence-electron chi connectivity index (χ1n) is 6.84. The minimum absolute atomic E-state index is 0.923. The van der Waals surface area contributed by atoms with Crippen molar-refractivity contribution in [3.63, 3.8) is 0 Å². The lowest BCUT2D eigenvalue weighted by Gasteiger charge is -2.25. The van der Waals surface area contributed by atoms with Crippen molar-refractivity contribution in [2.75, 3.05) is 18.0 Å². The Labute approximate surface area is 123 Å². The fourth-order valence-electron chi connectivity index (χ4n) is 2.84. The highest BCUT2D eigenvalue weighted by Crippen LogP contribution is 2.25. The zero-order valence-electron chi connectivity index (χ0n) is 11.0. The van der Waals surface area contributed by atoms with Gasteiger partial charge in [0, 0.05) is 24.1 Å². The number of rotatable bonds is 2. The second-order valence-corrected chi connectivity index (χ2v) is 5.58. The van der Waals surface area contributed by atoms with E-state index in [4.69, 9.17) is 0 Å². The third-order valence-electron chi connectivity index (χ3n) is 3.90. The maximum atomic E-state index is 3.60. The van der Waals surface area contributed by atoms with Crippen LogP contribution in [0.2, 0.25) is 0 Å². The molecule has 0 aliphatic carbocycles. The highest BCUT2D eigenvalue weighted by molar-refractivity contribution is 9.08. The molecule has 0 fully saturated rings. The van der Waals surface area contributed by atoms with E-state index in [0.717, 1.165) is 31.3 Å². The first-order valence-corrected chi connectivity index (χ1v) is 7.96. The van der Waals surface area contributed by atoms with E-state index < -0.39 is 0 Å². The summed E-state index contributed by atoms with van der Waals surface area (Å²) < 4.78 is 0. The Morgan fingerprint density at radius 2 is 1.42 bits per heavy atom. The number of hydrogen-bond donors (Lipinski definition) is 0. The van der Waals surface area contributed by atoms with Gasteiger partial charge in [-0.25, -0.2) is 0 Å². The number of para-hydroxylation sites is 1. The Morgan fingerprint density at radius 3 is 2.05 bits per heavy atom. The molecule has 2 heteroatoms. The van der Waals surface area contributed by atoms with Crippen LogP contribution in [-0.2, 0) is 18.2 Å². The van der Waals surface area contributed by atoms with Crippen LogP contribution in [0.1, 0.15) is 16.7 Å². The molecule has 0 N–H and O–H groups in total. The summed E-state index contributed by atoms with van der Waals surface area (Å²) in [6.45, 7) is 2.22. The van der Waals surface area contributed by atoms with Gasteiger partial charge in [0.25, 0.3) is 0 Å². The average Bonchev–Trinajstić information content (AvgIpc) is 2.70. The van der Waals surface area contributed by atoms with Crippen molar-refractivity contribution in [3.05, 3.63) is 65.2 Å². The van der Waals surface area contributed by atoms with Gasteiger partial charge in [-0.1, -0.05) is 58.4 Å². The summed E-state index contributed by atoms with van der Waals surface area (Å²) in [6.07, 6.45) is 2.29. The van der Waals surface area contributed by atoms with Crippen molar-refractivity contribution in [2.45, 2.75) is 18.2 Å². The largest absolute Gasteiger partial charge is 0.371 e. The number of halogens is 1. The van der Waals surface area contributed by atoms with Gasteiger partial charge in [0.1, 0.15) is 0 Å². The molecule has 2 aromatic rings. The van der Waals surface area contributed by atoms with Crippen molar-refractivity contribution in [1.82, 2.24) is 0 Å². The molecule has 1 heterocycles. The average molecular weight is 316 g/mol. The maximum absolute atomic E-state index is 3.60. The van der Waals surface area contributed by atoms with E-state index in [1.54, 1.807) is 0 Å². The van der Waals surface area contributed by atoms with Crippen LogP contribution in [0, 0.1) is 0 Å². The second kappa shape index (κ2) is 5.79. The van der Waals surface area contributed by atoms with Crippen LogP contribution in [0.15, 0.2) is 48.5 Å². The number of anilines is 1. The zero-order chi connectivity index (χ0) is 13.1. The molecule has 1 nitrogen and oxygen atoms in total. The van der Waals surface area contributed by atoms with Gasteiger partial charge in [0.2, 0.25) is 0 Å². The molecule has 2 aromatic carbocycles. The summed E-state index contributed by atoms with van der Waals surface area (Å²) in [5.74, 6) is 0. The van der Waals surface area contributed by atoms with Gasteiger partial charge in [-0.15, -0.1) is 0 Å². The Balaban J connectivity index is 1.85. The minimum Gasteiger partial charge on any atom is -0.371 e. The topological polar surface area (TPSA) is 3.24 Å². The van der Waals surface area contributed by atoms with Gasteiger partial charge in [0.05, 0.1) is 0 Å². The first-order chi connectivity index (χ1) is 9.38. The van der Waals surface area contributed by atoms with Gasteiger partial charge in [-0.3, -0.25) is 0 Å². The minimum atomic E-state index is 0.923. The molecule has 1 aliphatic rings. The Hall–Kier alpha value is -1.28. The predicted octanol–water partition coefficient (Wildman–Crippen LogP) is 4.19. The lowest BCUT2D eigenvalue weighted by atomic mass is 10.0. The molecule has 0 unspecified atom stereocenters. The molecule has 98 valence electrons. The molecule has 0 atom stereocenters. The van der Waals surface area contributed by atoms with E-state index in [1.807, 2.05) is 0 Å². The molecule has 0 saturated carbocycles. The number of alkyl halides is 1. The fraction of sp³-hybridized carbons (Fsp3) is 0.294. The van der Waals surface area contributed by atoms with Crippen LogP contribution in [0.5, 0.6) is 0 Å². The van der Waals surface area contributed by atoms with Gasteiger partial charge in [-0.05, 0) is 35.6 Å². The van der Waals surface area contributed by atoms with Crippen LogP contribution in [0.3, 0.4) is 0 Å². The van der Waals surface area contributed by atoms with E-state index in [2.05, 4.69) is 69.4 Å². The number of fused-ring (bicyclic) bond motifs is 1. The Morgan fingerprint density at radius 1 is 0.842 bits per heavy atom. The van der Waals surface area contributed by atoms with Crippen LogP contribution < -0.4 is 4.90 Å². The van der Waals surface area contributed by atoms with Gasteiger partial charge >= 0.3 is 0 Å². The first kappa shape index (κ1) is 12.7. The normalized spacial score (nSPS) is 14.9. The van der Waals surface area contributed by atoms with Crippen LogP contribution in [0.25, 0.3) is 0 Å². The third kappa shape index (κ3) is 2.69. The zero-order valence-corrected chi connectivity index (χ0v) is 12.6. The molecule has 0 amide bonds. The standard InChI is InChI=1S/C17H18BrN/c18-13-16-7-3-4-8-17(16)19-11-9-14-5-1-2-6-15(14)10-12-19/h1-8H,9-13H2.